The van der Waals surface area contributed by atoms with Crippen molar-refractivity contribution in [2.45, 2.75) is 25.8 Å². The number of aryl methyl sites for hydroxylation is 1. The number of pyridine rings is 1. The Morgan fingerprint density at radius 2 is 2.15 bits per heavy atom. The van der Waals surface area contributed by atoms with Crippen molar-refractivity contribution in [3.8, 4) is 11.4 Å². The molecule has 0 bridgehead atoms. The number of nitrogens with zero attached hydrogens (tertiary/aromatic N) is 3. The number of hydrogen-bond acceptors (Lipinski definition) is 2. The lowest BCUT2D eigenvalue weighted by atomic mass is 10.2. The third-order valence-electron chi connectivity index (χ3n) is 3.33. The molecule has 0 saturated carbocycles. The maximum Gasteiger partial charge on any atom is 0.142 e. The van der Waals surface area contributed by atoms with Crippen LogP contribution in [0.15, 0.2) is 42.7 Å². The molecule has 2 aromatic heterocycles. The lowest BCUT2D eigenvalue weighted by molar-refractivity contribution is 0.704. The summed E-state index contributed by atoms with van der Waals surface area (Å²) in [5.41, 5.74) is 4.29. The van der Waals surface area contributed by atoms with Gasteiger partial charge in [-0.15, -0.1) is 11.6 Å². The molecule has 0 radical (unpaired) electrons. The lowest BCUT2D eigenvalue weighted by Crippen LogP contribution is -1.99. The first-order chi connectivity index (χ1) is 9.83. The highest BCUT2D eigenvalue weighted by Crippen LogP contribution is 2.25. The van der Waals surface area contributed by atoms with Gasteiger partial charge in [-0.05, 0) is 36.2 Å². The van der Waals surface area contributed by atoms with Gasteiger partial charge < -0.3 is 4.57 Å². The van der Waals surface area contributed by atoms with E-state index in [2.05, 4.69) is 34.7 Å². The van der Waals surface area contributed by atoms with E-state index in [0.29, 0.717) is 5.88 Å². The number of benzene rings is 1. The molecule has 3 nitrogen and oxygen atoms in total. The number of imidazole rings is 1. The van der Waals surface area contributed by atoms with Gasteiger partial charge in [-0.2, -0.15) is 0 Å². The second-order valence-electron chi connectivity index (χ2n) is 4.79. The first-order valence-corrected chi connectivity index (χ1v) is 7.32. The van der Waals surface area contributed by atoms with E-state index in [1.165, 1.54) is 0 Å². The lowest BCUT2D eigenvalue weighted by Gasteiger charge is -2.07. The number of aromatic nitrogens is 3. The minimum absolute atomic E-state index is 0.513. The fourth-order valence-electron chi connectivity index (χ4n) is 2.42. The van der Waals surface area contributed by atoms with E-state index >= 15 is 0 Å². The van der Waals surface area contributed by atoms with Crippen LogP contribution in [0.1, 0.15) is 18.9 Å². The maximum atomic E-state index is 5.91. The summed E-state index contributed by atoms with van der Waals surface area (Å²) in [6.07, 6.45) is 4.70. The fourth-order valence-corrected chi connectivity index (χ4v) is 2.59. The summed E-state index contributed by atoms with van der Waals surface area (Å²) in [7, 11) is 0. The van der Waals surface area contributed by atoms with E-state index in [-0.39, 0.29) is 0 Å². The zero-order valence-electron chi connectivity index (χ0n) is 11.4. The standard InChI is InChI=1S/C16H16ClN3/c1-2-8-20-15-6-5-12(10-17)9-14(15)19-16(20)13-4-3-7-18-11-13/h3-7,9,11H,2,8,10H2,1H3. The molecule has 0 aliphatic rings. The van der Waals surface area contributed by atoms with Crippen LogP contribution in [0.3, 0.4) is 0 Å². The monoisotopic (exact) mass is 285 g/mol. The molecule has 0 fully saturated rings. The molecule has 102 valence electrons. The molecule has 0 saturated heterocycles. The van der Waals surface area contributed by atoms with Gasteiger partial charge in [0.2, 0.25) is 0 Å². The van der Waals surface area contributed by atoms with Gasteiger partial charge in [0.05, 0.1) is 11.0 Å². The van der Waals surface area contributed by atoms with Crippen LogP contribution in [-0.4, -0.2) is 14.5 Å². The molecule has 0 aliphatic heterocycles. The minimum atomic E-state index is 0.513. The number of alkyl halides is 1. The predicted octanol–water partition coefficient (Wildman–Crippen LogP) is 4.25. The Morgan fingerprint density at radius 3 is 2.85 bits per heavy atom. The van der Waals surface area contributed by atoms with E-state index in [4.69, 9.17) is 16.6 Å². The van der Waals surface area contributed by atoms with E-state index in [0.717, 1.165) is 41.0 Å². The van der Waals surface area contributed by atoms with E-state index < -0.39 is 0 Å². The van der Waals surface area contributed by atoms with Crippen LogP contribution >= 0.6 is 11.6 Å². The molecule has 0 unspecified atom stereocenters. The summed E-state index contributed by atoms with van der Waals surface area (Å²) in [5, 5.41) is 0. The largest absolute Gasteiger partial charge is 0.324 e. The van der Waals surface area contributed by atoms with Crippen molar-refractivity contribution >= 4 is 22.6 Å². The fraction of sp³-hybridized carbons (Fsp3) is 0.250. The number of halogens is 1. The second-order valence-corrected chi connectivity index (χ2v) is 5.05. The van der Waals surface area contributed by atoms with E-state index in [9.17, 15) is 0 Å². The van der Waals surface area contributed by atoms with Gasteiger partial charge >= 0.3 is 0 Å². The Bertz CT molecular complexity index is 719. The molecule has 0 atom stereocenters. The zero-order valence-corrected chi connectivity index (χ0v) is 12.1. The van der Waals surface area contributed by atoms with Gasteiger partial charge in [0.15, 0.2) is 0 Å². The van der Waals surface area contributed by atoms with Crippen molar-refractivity contribution in [3.05, 3.63) is 48.3 Å². The van der Waals surface area contributed by atoms with Crippen molar-refractivity contribution in [2.24, 2.45) is 0 Å². The molecule has 0 spiro atoms. The Balaban J connectivity index is 2.22. The highest BCUT2D eigenvalue weighted by molar-refractivity contribution is 6.17. The molecule has 0 aliphatic carbocycles. The minimum Gasteiger partial charge on any atom is -0.324 e. The normalized spacial score (nSPS) is 11.1. The second kappa shape index (κ2) is 5.63. The molecule has 3 aromatic rings. The van der Waals surface area contributed by atoms with Gasteiger partial charge in [-0.1, -0.05) is 13.0 Å². The summed E-state index contributed by atoms with van der Waals surface area (Å²) >= 11 is 5.91. The average Bonchev–Trinajstić information content (AvgIpc) is 2.86. The Hall–Kier alpha value is -1.87. The SMILES string of the molecule is CCCn1c(-c2cccnc2)nc2cc(CCl)ccc21. The van der Waals surface area contributed by atoms with Crippen molar-refractivity contribution < 1.29 is 0 Å². The maximum absolute atomic E-state index is 5.91. The van der Waals surface area contributed by atoms with E-state index in [1.54, 1.807) is 6.20 Å². The van der Waals surface area contributed by atoms with Crippen LogP contribution in [0.2, 0.25) is 0 Å². The van der Waals surface area contributed by atoms with Crippen LogP contribution in [0.25, 0.3) is 22.4 Å². The van der Waals surface area contributed by atoms with Crippen molar-refractivity contribution in [1.82, 2.24) is 14.5 Å². The topological polar surface area (TPSA) is 30.7 Å². The number of fused-ring (bicyclic) bond motifs is 1. The van der Waals surface area contributed by atoms with Gasteiger partial charge in [-0.3, -0.25) is 4.98 Å². The van der Waals surface area contributed by atoms with Gasteiger partial charge in [-0.25, -0.2) is 4.98 Å². The molecule has 3 rings (SSSR count). The number of rotatable bonds is 4. The summed E-state index contributed by atoms with van der Waals surface area (Å²) in [4.78, 5) is 8.97. The van der Waals surface area contributed by atoms with Crippen LogP contribution in [0.4, 0.5) is 0 Å². The van der Waals surface area contributed by atoms with Crippen molar-refractivity contribution in [1.29, 1.82) is 0 Å². The summed E-state index contributed by atoms with van der Waals surface area (Å²) in [5.74, 6) is 1.49. The van der Waals surface area contributed by atoms with Gasteiger partial charge in [0.1, 0.15) is 5.82 Å². The molecule has 4 heteroatoms. The quantitative estimate of drug-likeness (QED) is 0.671. The molecular formula is C16H16ClN3. The molecular weight excluding hydrogens is 270 g/mol. The predicted molar refractivity (Wildman–Crippen MR) is 82.8 cm³/mol. The summed E-state index contributed by atoms with van der Waals surface area (Å²) in [6, 6.07) is 10.2. The highest BCUT2D eigenvalue weighted by atomic mass is 35.5. The average molecular weight is 286 g/mol. The first kappa shape index (κ1) is 13.1. The Kier molecular flexibility index (Phi) is 3.70. The molecule has 0 amide bonds. The molecule has 2 heterocycles. The highest BCUT2D eigenvalue weighted by Gasteiger charge is 2.12. The Morgan fingerprint density at radius 1 is 1.25 bits per heavy atom. The van der Waals surface area contributed by atoms with Crippen molar-refractivity contribution in [3.63, 3.8) is 0 Å². The van der Waals surface area contributed by atoms with Crippen LogP contribution in [0.5, 0.6) is 0 Å². The Labute approximate surface area is 123 Å². The summed E-state index contributed by atoms with van der Waals surface area (Å²) in [6.45, 7) is 3.12. The van der Waals surface area contributed by atoms with Crippen molar-refractivity contribution in [2.75, 3.05) is 0 Å². The smallest absolute Gasteiger partial charge is 0.142 e. The third kappa shape index (κ3) is 2.29. The summed E-state index contributed by atoms with van der Waals surface area (Å²) < 4.78 is 2.25. The number of hydrogen-bond donors (Lipinski definition) is 0. The van der Waals surface area contributed by atoms with Crippen LogP contribution in [-0.2, 0) is 12.4 Å². The third-order valence-corrected chi connectivity index (χ3v) is 3.64. The molecule has 20 heavy (non-hydrogen) atoms. The molecule has 1 aromatic carbocycles. The van der Waals surface area contributed by atoms with Crippen LogP contribution in [0, 0.1) is 0 Å². The van der Waals surface area contributed by atoms with Crippen LogP contribution < -0.4 is 0 Å². The van der Waals surface area contributed by atoms with Gasteiger partial charge in [0.25, 0.3) is 0 Å². The van der Waals surface area contributed by atoms with E-state index in [1.807, 2.05) is 18.3 Å². The first-order valence-electron chi connectivity index (χ1n) is 6.79. The zero-order chi connectivity index (χ0) is 13.9. The molecule has 0 N–H and O–H groups in total. The van der Waals surface area contributed by atoms with Gasteiger partial charge in [0, 0.05) is 30.4 Å².